The third-order valence-electron chi connectivity index (χ3n) is 3.16. The molecule has 1 aromatic heterocycles. The molecule has 2 unspecified atom stereocenters. The molecule has 0 saturated heterocycles. The number of aromatic amines is 1. The Bertz CT molecular complexity index is 532. The number of H-pyrrole nitrogens is 1. The standard InChI is InChI=1S/C14H19N3O2/c1-4-10(14(18)19-3)15-9(2)13-16-11-7-5-6-8-12(11)17-13/h5-10,15H,4H2,1-3H3,(H,16,17). The fourth-order valence-corrected chi connectivity index (χ4v) is 2.05. The molecule has 5 nitrogen and oxygen atoms in total. The molecule has 5 heteroatoms. The van der Waals surface area contributed by atoms with E-state index in [1.54, 1.807) is 0 Å². The van der Waals surface area contributed by atoms with Gasteiger partial charge in [0.15, 0.2) is 0 Å². The molecule has 0 aliphatic heterocycles. The second-order valence-corrected chi connectivity index (χ2v) is 4.51. The number of benzene rings is 1. The molecule has 1 aromatic carbocycles. The van der Waals surface area contributed by atoms with Crippen LogP contribution in [-0.4, -0.2) is 29.1 Å². The van der Waals surface area contributed by atoms with Crippen LogP contribution < -0.4 is 5.32 Å². The summed E-state index contributed by atoms with van der Waals surface area (Å²) < 4.78 is 4.77. The van der Waals surface area contributed by atoms with Gasteiger partial charge in [0.05, 0.1) is 24.2 Å². The molecule has 102 valence electrons. The van der Waals surface area contributed by atoms with E-state index in [0.717, 1.165) is 16.9 Å². The van der Waals surface area contributed by atoms with Gasteiger partial charge >= 0.3 is 5.97 Å². The number of aromatic nitrogens is 2. The number of para-hydroxylation sites is 2. The Kier molecular flexibility index (Phi) is 4.16. The smallest absolute Gasteiger partial charge is 0.322 e. The molecular formula is C14H19N3O2. The van der Waals surface area contributed by atoms with Crippen LogP contribution in [0.1, 0.15) is 32.1 Å². The van der Waals surface area contributed by atoms with Gasteiger partial charge < -0.3 is 9.72 Å². The number of ether oxygens (including phenoxy) is 1. The van der Waals surface area contributed by atoms with Crippen molar-refractivity contribution in [2.45, 2.75) is 32.4 Å². The van der Waals surface area contributed by atoms with Gasteiger partial charge in [-0.1, -0.05) is 19.1 Å². The molecule has 2 rings (SSSR count). The summed E-state index contributed by atoms with van der Waals surface area (Å²) >= 11 is 0. The highest BCUT2D eigenvalue weighted by molar-refractivity contribution is 5.76. The minimum absolute atomic E-state index is 0.0450. The van der Waals surface area contributed by atoms with Gasteiger partial charge in [0.2, 0.25) is 0 Å². The molecule has 2 aromatic rings. The average molecular weight is 261 g/mol. The first-order chi connectivity index (χ1) is 9.15. The lowest BCUT2D eigenvalue weighted by Gasteiger charge is -2.18. The lowest BCUT2D eigenvalue weighted by molar-refractivity contribution is -0.143. The molecule has 2 atom stereocenters. The number of rotatable bonds is 5. The van der Waals surface area contributed by atoms with E-state index in [9.17, 15) is 4.79 Å². The zero-order valence-corrected chi connectivity index (χ0v) is 11.4. The van der Waals surface area contributed by atoms with Crippen LogP contribution in [0.2, 0.25) is 0 Å². The Morgan fingerprint density at radius 2 is 2.21 bits per heavy atom. The Labute approximate surface area is 112 Å². The van der Waals surface area contributed by atoms with Gasteiger partial charge in [-0.15, -0.1) is 0 Å². The fraction of sp³-hybridized carbons (Fsp3) is 0.429. The molecule has 2 N–H and O–H groups in total. The fourth-order valence-electron chi connectivity index (χ4n) is 2.05. The van der Waals surface area contributed by atoms with Crippen LogP contribution in [0.25, 0.3) is 11.0 Å². The molecule has 0 saturated carbocycles. The molecule has 0 aliphatic carbocycles. The molecule has 0 spiro atoms. The Balaban J connectivity index is 2.14. The van der Waals surface area contributed by atoms with Crippen LogP contribution in [0.5, 0.6) is 0 Å². The Hall–Kier alpha value is -1.88. The minimum atomic E-state index is -0.312. The Morgan fingerprint density at radius 3 is 2.84 bits per heavy atom. The maximum atomic E-state index is 11.6. The van der Waals surface area contributed by atoms with Gasteiger partial charge in [-0.25, -0.2) is 4.98 Å². The van der Waals surface area contributed by atoms with Crippen molar-refractivity contribution in [1.82, 2.24) is 15.3 Å². The first-order valence-electron chi connectivity index (χ1n) is 6.44. The molecule has 1 heterocycles. The number of methoxy groups -OCH3 is 1. The van der Waals surface area contributed by atoms with Crippen molar-refractivity contribution < 1.29 is 9.53 Å². The summed E-state index contributed by atoms with van der Waals surface area (Å²) in [5.41, 5.74) is 1.93. The second-order valence-electron chi connectivity index (χ2n) is 4.51. The van der Waals surface area contributed by atoms with E-state index < -0.39 is 0 Å². The summed E-state index contributed by atoms with van der Waals surface area (Å²) in [6.07, 6.45) is 0.678. The van der Waals surface area contributed by atoms with Gasteiger partial charge in [0.1, 0.15) is 11.9 Å². The van der Waals surface area contributed by atoms with Gasteiger partial charge in [-0.2, -0.15) is 0 Å². The third kappa shape index (κ3) is 2.93. The van der Waals surface area contributed by atoms with Gasteiger partial charge in [0.25, 0.3) is 0 Å². The predicted octanol–water partition coefficient (Wildman–Crippen LogP) is 2.17. The molecule has 0 fully saturated rings. The number of carbonyl (C=O) groups is 1. The Morgan fingerprint density at radius 1 is 1.47 bits per heavy atom. The first kappa shape index (κ1) is 13.5. The zero-order chi connectivity index (χ0) is 13.8. The van der Waals surface area contributed by atoms with Crippen LogP contribution in [0, 0.1) is 0 Å². The molecule has 0 amide bonds. The second kappa shape index (κ2) is 5.84. The summed E-state index contributed by atoms with van der Waals surface area (Å²) in [5.74, 6) is 0.578. The van der Waals surface area contributed by atoms with Crippen molar-refractivity contribution >= 4 is 17.0 Å². The topological polar surface area (TPSA) is 67.0 Å². The highest BCUT2D eigenvalue weighted by Gasteiger charge is 2.21. The molecule has 0 bridgehead atoms. The number of fused-ring (bicyclic) bond motifs is 1. The summed E-state index contributed by atoms with van der Waals surface area (Å²) in [5, 5.41) is 3.23. The first-order valence-corrected chi connectivity index (χ1v) is 6.44. The van der Waals surface area contributed by atoms with Crippen molar-refractivity contribution in [2.24, 2.45) is 0 Å². The number of hydrogen-bond acceptors (Lipinski definition) is 4. The summed E-state index contributed by atoms with van der Waals surface area (Å²) in [4.78, 5) is 19.3. The van der Waals surface area contributed by atoms with E-state index in [2.05, 4.69) is 15.3 Å². The molecule has 19 heavy (non-hydrogen) atoms. The largest absolute Gasteiger partial charge is 0.468 e. The SMILES string of the molecule is CCC(NC(C)c1nc2ccccc2[nH]1)C(=O)OC. The zero-order valence-electron chi connectivity index (χ0n) is 11.4. The molecular weight excluding hydrogens is 242 g/mol. The normalized spacial score (nSPS) is 14.3. The number of hydrogen-bond donors (Lipinski definition) is 2. The monoisotopic (exact) mass is 261 g/mol. The van der Waals surface area contributed by atoms with Gasteiger partial charge in [0, 0.05) is 0 Å². The quantitative estimate of drug-likeness (QED) is 0.809. The predicted molar refractivity (Wildman–Crippen MR) is 73.7 cm³/mol. The van der Waals surface area contributed by atoms with Crippen molar-refractivity contribution in [3.63, 3.8) is 0 Å². The summed E-state index contributed by atoms with van der Waals surface area (Å²) in [6, 6.07) is 7.50. The van der Waals surface area contributed by atoms with E-state index in [4.69, 9.17) is 4.74 Å². The van der Waals surface area contributed by atoms with Crippen LogP contribution in [0.3, 0.4) is 0 Å². The van der Waals surface area contributed by atoms with Crippen molar-refractivity contribution in [1.29, 1.82) is 0 Å². The van der Waals surface area contributed by atoms with Crippen molar-refractivity contribution in [3.05, 3.63) is 30.1 Å². The van der Waals surface area contributed by atoms with E-state index in [1.165, 1.54) is 7.11 Å². The average Bonchev–Trinajstić information content (AvgIpc) is 2.87. The minimum Gasteiger partial charge on any atom is -0.468 e. The number of esters is 1. The highest BCUT2D eigenvalue weighted by atomic mass is 16.5. The van der Waals surface area contributed by atoms with E-state index in [-0.39, 0.29) is 18.1 Å². The van der Waals surface area contributed by atoms with Gasteiger partial charge in [-0.05, 0) is 25.5 Å². The van der Waals surface area contributed by atoms with Gasteiger partial charge in [-0.3, -0.25) is 10.1 Å². The lowest BCUT2D eigenvalue weighted by atomic mass is 10.2. The lowest BCUT2D eigenvalue weighted by Crippen LogP contribution is -2.38. The van der Waals surface area contributed by atoms with Crippen LogP contribution in [0.15, 0.2) is 24.3 Å². The maximum Gasteiger partial charge on any atom is 0.322 e. The molecule has 0 radical (unpaired) electrons. The van der Waals surface area contributed by atoms with E-state index >= 15 is 0 Å². The van der Waals surface area contributed by atoms with Crippen LogP contribution in [-0.2, 0) is 9.53 Å². The van der Waals surface area contributed by atoms with E-state index in [1.807, 2.05) is 38.1 Å². The van der Waals surface area contributed by atoms with Crippen LogP contribution >= 0.6 is 0 Å². The number of imidazole rings is 1. The third-order valence-corrected chi connectivity index (χ3v) is 3.16. The molecule has 0 aliphatic rings. The number of nitrogens with zero attached hydrogens (tertiary/aromatic N) is 1. The maximum absolute atomic E-state index is 11.6. The number of nitrogens with one attached hydrogen (secondary N) is 2. The van der Waals surface area contributed by atoms with E-state index in [0.29, 0.717) is 6.42 Å². The highest BCUT2D eigenvalue weighted by Crippen LogP contribution is 2.16. The number of carbonyl (C=O) groups excluding carboxylic acids is 1. The van der Waals surface area contributed by atoms with Crippen molar-refractivity contribution in [3.8, 4) is 0 Å². The van der Waals surface area contributed by atoms with Crippen molar-refractivity contribution in [2.75, 3.05) is 7.11 Å². The summed E-state index contributed by atoms with van der Waals surface area (Å²) in [7, 11) is 1.40. The summed E-state index contributed by atoms with van der Waals surface area (Å²) in [6.45, 7) is 3.92. The van der Waals surface area contributed by atoms with Crippen LogP contribution in [0.4, 0.5) is 0 Å².